The van der Waals surface area contributed by atoms with Crippen molar-refractivity contribution in [1.29, 1.82) is 0 Å². The Hall–Kier alpha value is -1.51. The molecule has 3 nitrogen and oxygen atoms in total. The summed E-state index contributed by atoms with van der Waals surface area (Å²) in [4.78, 5) is 13.6. The molecule has 3 heteroatoms. The molecule has 0 bridgehead atoms. The molecule has 1 aromatic rings. The van der Waals surface area contributed by atoms with Crippen LogP contribution in [0.5, 0.6) is 0 Å². The lowest BCUT2D eigenvalue weighted by molar-refractivity contribution is 0.728. The van der Waals surface area contributed by atoms with E-state index >= 15 is 0 Å². The fourth-order valence-corrected chi connectivity index (χ4v) is 2.16. The molecule has 122 valence electrons. The highest BCUT2D eigenvalue weighted by Gasteiger charge is 1.95. The van der Waals surface area contributed by atoms with E-state index in [2.05, 4.69) is 47.0 Å². The van der Waals surface area contributed by atoms with Crippen molar-refractivity contribution in [2.24, 2.45) is 9.98 Å². The van der Waals surface area contributed by atoms with Gasteiger partial charge in [-0.1, -0.05) is 45.6 Å². The summed E-state index contributed by atoms with van der Waals surface area (Å²) in [6, 6.07) is 6.22. The van der Waals surface area contributed by atoms with Gasteiger partial charge in [0.25, 0.3) is 0 Å². The van der Waals surface area contributed by atoms with E-state index in [0.717, 1.165) is 37.3 Å². The maximum atomic E-state index is 4.66. The van der Waals surface area contributed by atoms with Gasteiger partial charge in [-0.05, 0) is 25.0 Å². The first-order valence-corrected chi connectivity index (χ1v) is 8.78. The molecule has 0 saturated carbocycles. The Bertz CT molecular complexity index is 401. The first-order chi connectivity index (χ1) is 10.9. The van der Waals surface area contributed by atoms with Gasteiger partial charge in [0, 0.05) is 49.7 Å². The molecule has 22 heavy (non-hydrogen) atoms. The molecular weight excluding hydrogens is 270 g/mol. The number of nitrogens with zero attached hydrogens (tertiary/aromatic N) is 3. The summed E-state index contributed by atoms with van der Waals surface area (Å²) in [5.74, 6) is 0. The van der Waals surface area contributed by atoms with Crippen molar-refractivity contribution in [2.45, 2.75) is 65.2 Å². The zero-order valence-corrected chi connectivity index (χ0v) is 14.3. The summed E-state index contributed by atoms with van der Waals surface area (Å²) in [6.45, 7) is 6.31. The average Bonchev–Trinajstić information content (AvgIpc) is 2.54. The van der Waals surface area contributed by atoms with Crippen molar-refractivity contribution in [1.82, 2.24) is 4.98 Å². The van der Waals surface area contributed by atoms with Crippen LogP contribution in [0.2, 0.25) is 0 Å². The van der Waals surface area contributed by atoms with Crippen LogP contribution < -0.4 is 0 Å². The van der Waals surface area contributed by atoms with Crippen LogP contribution in [0.4, 0.5) is 0 Å². The molecule has 1 aromatic heterocycles. The molecule has 0 N–H and O–H groups in total. The molecular formula is C19H31N3. The fraction of sp³-hybridized carbons (Fsp3) is 0.632. The van der Waals surface area contributed by atoms with E-state index < -0.39 is 0 Å². The Labute approximate surface area is 136 Å². The van der Waals surface area contributed by atoms with Crippen molar-refractivity contribution in [3.63, 3.8) is 0 Å². The predicted molar refractivity (Wildman–Crippen MR) is 97.4 cm³/mol. The minimum atomic E-state index is 0.827. The molecule has 0 spiro atoms. The van der Waals surface area contributed by atoms with Crippen molar-refractivity contribution >= 4 is 12.4 Å². The quantitative estimate of drug-likeness (QED) is 0.407. The van der Waals surface area contributed by atoms with Gasteiger partial charge in [-0.25, -0.2) is 0 Å². The van der Waals surface area contributed by atoms with Crippen molar-refractivity contribution in [3.8, 4) is 0 Å². The highest BCUT2D eigenvalue weighted by atomic mass is 14.7. The van der Waals surface area contributed by atoms with Crippen LogP contribution in [0.1, 0.15) is 63.8 Å². The topological polar surface area (TPSA) is 37.6 Å². The summed E-state index contributed by atoms with van der Waals surface area (Å²) < 4.78 is 0. The van der Waals surface area contributed by atoms with E-state index in [9.17, 15) is 0 Å². The van der Waals surface area contributed by atoms with Crippen LogP contribution in [0.25, 0.3) is 0 Å². The molecule has 1 rings (SSSR count). The summed E-state index contributed by atoms with van der Waals surface area (Å²) >= 11 is 0. The monoisotopic (exact) mass is 301 g/mol. The Morgan fingerprint density at radius 2 is 1.32 bits per heavy atom. The third kappa shape index (κ3) is 9.43. The van der Waals surface area contributed by atoms with Gasteiger partial charge in [-0.2, -0.15) is 0 Å². The third-order valence-electron chi connectivity index (χ3n) is 3.51. The average molecular weight is 301 g/mol. The Morgan fingerprint density at radius 3 is 1.77 bits per heavy atom. The van der Waals surface area contributed by atoms with E-state index in [4.69, 9.17) is 0 Å². The van der Waals surface area contributed by atoms with Crippen molar-refractivity contribution in [2.75, 3.05) is 13.1 Å². The normalized spacial score (nSPS) is 11.7. The number of aliphatic imine (C=N–C) groups is 2. The van der Waals surface area contributed by atoms with Crippen LogP contribution in [0.3, 0.4) is 0 Å². The van der Waals surface area contributed by atoms with Crippen LogP contribution in [0, 0.1) is 0 Å². The number of hydrogen-bond donors (Lipinski definition) is 0. The summed E-state index contributed by atoms with van der Waals surface area (Å²) in [5.41, 5.74) is 2.19. The molecule has 0 aliphatic rings. The minimum absolute atomic E-state index is 0.827. The van der Waals surface area contributed by atoms with Gasteiger partial charge < -0.3 is 0 Å². The maximum absolute atomic E-state index is 4.66. The Balaban J connectivity index is 2.29. The second-order valence-electron chi connectivity index (χ2n) is 5.62. The van der Waals surface area contributed by atoms with Crippen LogP contribution in [-0.4, -0.2) is 30.5 Å². The lowest BCUT2D eigenvalue weighted by Gasteiger charge is -2.00. The van der Waals surface area contributed by atoms with Crippen LogP contribution >= 0.6 is 0 Å². The highest BCUT2D eigenvalue weighted by Crippen LogP contribution is 2.01. The molecule has 0 atom stereocenters. The standard InChI is InChI=1S/C19H31N3/c1-3-5-7-14-20-16-12-18-10-9-11-19(22-18)13-17-21-15-8-6-4-2/h9-11,16-17H,3-8,12-15H2,1-2H3. The summed E-state index contributed by atoms with van der Waals surface area (Å²) in [6.07, 6.45) is 13.1. The Kier molecular flexibility index (Phi) is 11.1. The van der Waals surface area contributed by atoms with Gasteiger partial charge in [0.2, 0.25) is 0 Å². The van der Waals surface area contributed by atoms with Gasteiger partial charge >= 0.3 is 0 Å². The second kappa shape index (κ2) is 13.2. The minimum Gasteiger partial charge on any atom is -0.297 e. The van der Waals surface area contributed by atoms with Crippen molar-refractivity contribution < 1.29 is 0 Å². The third-order valence-corrected chi connectivity index (χ3v) is 3.51. The first kappa shape index (κ1) is 18.5. The summed E-state index contributed by atoms with van der Waals surface area (Å²) in [7, 11) is 0. The zero-order valence-electron chi connectivity index (χ0n) is 14.3. The number of pyridine rings is 1. The van der Waals surface area contributed by atoms with Gasteiger partial charge in [0.1, 0.15) is 0 Å². The van der Waals surface area contributed by atoms with E-state index in [1.807, 2.05) is 12.4 Å². The molecule has 0 fully saturated rings. The molecule has 0 saturated heterocycles. The number of aromatic nitrogens is 1. The SMILES string of the molecule is CCCCCN=CCc1cccc(CC=NCCCCC)n1. The molecule has 0 aliphatic heterocycles. The van der Waals surface area contributed by atoms with Gasteiger partial charge in [0.05, 0.1) is 0 Å². The smallest absolute Gasteiger partial charge is 0.0460 e. The number of rotatable bonds is 12. The Morgan fingerprint density at radius 1 is 0.818 bits per heavy atom. The molecule has 0 radical (unpaired) electrons. The van der Waals surface area contributed by atoms with Crippen LogP contribution in [0.15, 0.2) is 28.2 Å². The molecule has 0 amide bonds. The van der Waals surface area contributed by atoms with Gasteiger partial charge in [0.15, 0.2) is 0 Å². The highest BCUT2D eigenvalue weighted by molar-refractivity contribution is 5.62. The molecule has 1 heterocycles. The lowest BCUT2D eigenvalue weighted by Crippen LogP contribution is -1.98. The second-order valence-corrected chi connectivity index (χ2v) is 5.62. The number of unbranched alkanes of at least 4 members (excludes halogenated alkanes) is 4. The van der Waals surface area contributed by atoms with E-state index in [-0.39, 0.29) is 0 Å². The van der Waals surface area contributed by atoms with Gasteiger partial charge in [-0.3, -0.25) is 15.0 Å². The molecule has 0 unspecified atom stereocenters. The fourth-order valence-electron chi connectivity index (χ4n) is 2.16. The summed E-state index contributed by atoms with van der Waals surface area (Å²) in [5, 5.41) is 0. The van der Waals surface area contributed by atoms with Gasteiger partial charge in [-0.15, -0.1) is 0 Å². The largest absolute Gasteiger partial charge is 0.297 e. The first-order valence-electron chi connectivity index (χ1n) is 8.78. The van der Waals surface area contributed by atoms with E-state index in [1.165, 1.54) is 38.5 Å². The van der Waals surface area contributed by atoms with E-state index in [1.54, 1.807) is 0 Å². The van der Waals surface area contributed by atoms with E-state index in [0.29, 0.717) is 0 Å². The maximum Gasteiger partial charge on any atom is 0.0460 e. The zero-order chi connectivity index (χ0) is 15.9. The molecule has 0 aromatic carbocycles. The lowest BCUT2D eigenvalue weighted by atomic mass is 10.2. The van der Waals surface area contributed by atoms with Crippen LogP contribution in [-0.2, 0) is 12.8 Å². The number of hydrogen-bond acceptors (Lipinski definition) is 3. The predicted octanol–water partition coefficient (Wildman–Crippen LogP) is 4.69. The molecule has 0 aliphatic carbocycles. The van der Waals surface area contributed by atoms with Crippen molar-refractivity contribution in [3.05, 3.63) is 29.6 Å².